The summed E-state index contributed by atoms with van der Waals surface area (Å²) in [4.78, 5) is 15.5. The van der Waals surface area contributed by atoms with Crippen LogP contribution in [0.1, 0.15) is 41.7 Å². The van der Waals surface area contributed by atoms with Gasteiger partial charge in [-0.3, -0.25) is 0 Å². The quantitative estimate of drug-likeness (QED) is 0.183. The Morgan fingerprint density at radius 2 is 1.39 bits per heavy atom. The van der Waals surface area contributed by atoms with Crippen molar-refractivity contribution in [3.8, 4) is 45.3 Å². The highest BCUT2D eigenvalue weighted by Gasteiger charge is 2.23. The molecule has 0 saturated heterocycles. The molecule has 8 aromatic rings. The largest absolute Gasteiger partial charge is 0.456 e. The molecule has 0 bridgehead atoms. The molecule has 0 spiro atoms. The van der Waals surface area contributed by atoms with Gasteiger partial charge in [-0.15, -0.1) is 0 Å². The van der Waals surface area contributed by atoms with E-state index in [4.69, 9.17) is 23.8 Å². The van der Waals surface area contributed by atoms with E-state index < -0.39 is 0 Å². The molecule has 2 aliphatic carbocycles. The Kier molecular flexibility index (Phi) is 7.65. The molecule has 5 aromatic carbocycles. The van der Waals surface area contributed by atoms with Crippen LogP contribution in [-0.4, -0.2) is 15.0 Å². The summed E-state index contributed by atoms with van der Waals surface area (Å²) in [6, 6.07) is 35.5. The van der Waals surface area contributed by atoms with E-state index in [0.717, 1.165) is 85.1 Å². The molecule has 3 aromatic heterocycles. The second-order valence-electron chi connectivity index (χ2n) is 14.1. The molecule has 10 rings (SSSR count). The first-order valence-corrected chi connectivity index (χ1v) is 18.4. The number of nitrogens with zero attached hydrogens (tertiary/aromatic N) is 3. The summed E-state index contributed by atoms with van der Waals surface area (Å²) < 4.78 is 13.0. The molecule has 0 aliphatic heterocycles. The molecule has 5 nitrogen and oxygen atoms in total. The van der Waals surface area contributed by atoms with E-state index in [2.05, 4.69) is 98.5 Å². The number of hydrogen-bond acceptors (Lipinski definition) is 5. The van der Waals surface area contributed by atoms with E-state index in [1.165, 1.54) is 16.5 Å². The fourth-order valence-corrected chi connectivity index (χ4v) is 7.76. The zero-order valence-corrected chi connectivity index (χ0v) is 29.8. The molecule has 3 heterocycles. The average Bonchev–Trinajstić information content (AvgIpc) is 3.78. The number of fused-ring (bicyclic) bond motifs is 7. The second-order valence-corrected chi connectivity index (χ2v) is 14.1. The Morgan fingerprint density at radius 3 is 2.30 bits per heavy atom. The van der Waals surface area contributed by atoms with Crippen LogP contribution in [0.15, 0.2) is 161 Å². The Bertz CT molecular complexity index is 2920. The Labute approximate surface area is 313 Å². The van der Waals surface area contributed by atoms with Crippen LogP contribution in [0.4, 0.5) is 0 Å². The van der Waals surface area contributed by atoms with Gasteiger partial charge in [-0.2, -0.15) is 0 Å². The maximum Gasteiger partial charge on any atom is 0.164 e. The molecule has 0 radical (unpaired) electrons. The number of aromatic nitrogens is 3. The van der Waals surface area contributed by atoms with Crippen LogP contribution in [0, 0.1) is 0 Å². The van der Waals surface area contributed by atoms with Crippen LogP contribution in [0.25, 0.3) is 90.4 Å². The summed E-state index contributed by atoms with van der Waals surface area (Å²) in [6.45, 7) is 6.44. The first-order valence-electron chi connectivity index (χ1n) is 18.4. The van der Waals surface area contributed by atoms with Gasteiger partial charge in [0.05, 0.1) is 0 Å². The van der Waals surface area contributed by atoms with E-state index in [0.29, 0.717) is 23.4 Å². The minimum atomic E-state index is 0.412. The normalized spacial score (nSPS) is 16.5. The molecule has 54 heavy (non-hydrogen) atoms. The van der Waals surface area contributed by atoms with Crippen molar-refractivity contribution in [1.29, 1.82) is 0 Å². The number of benzene rings is 5. The lowest BCUT2D eigenvalue weighted by Gasteiger charge is -2.13. The van der Waals surface area contributed by atoms with Crippen molar-refractivity contribution in [1.82, 2.24) is 15.0 Å². The van der Waals surface area contributed by atoms with Gasteiger partial charge >= 0.3 is 0 Å². The van der Waals surface area contributed by atoms with Crippen molar-refractivity contribution < 1.29 is 8.83 Å². The zero-order valence-electron chi connectivity index (χ0n) is 29.8. The van der Waals surface area contributed by atoms with Gasteiger partial charge in [0.15, 0.2) is 17.5 Å². The van der Waals surface area contributed by atoms with Crippen LogP contribution >= 0.6 is 0 Å². The van der Waals surface area contributed by atoms with Gasteiger partial charge in [-0.05, 0) is 83.0 Å². The lowest BCUT2D eigenvalue weighted by atomic mass is 9.90. The minimum absolute atomic E-state index is 0.412. The predicted molar refractivity (Wildman–Crippen MR) is 221 cm³/mol. The van der Waals surface area contributed by atoms with Gasteiger partial charge < -0.3 is 8.83 Å². The summed E-state index contributed by atoms with van der Waals surface area (Å²) in [5, 5.41) is 3.14. The predicted octanol–water partition coefficient (Wildman–Crippen LogP) is 12.9. The SMILES string of the molecule is C=C1C=Cc2cc(-c3nc(-c4ccccc4)nc(-c4cc(-c5ccc6c7c(oc6c5)C=CCC7C)cc5oc6ccccc6c45)n3)ccc2C/C=C\C=C/1. The van der Waals surface area contributed by atoms with E-state index >= 15 is 0 Å². The van der Waals surface area contributed by atoms with Crippen LogP contribution in [0.5, 0.6) is 0 Å². The molecule has 5 heteroatoms. The molecule has 258 valence electrons. The summed E-state index contributed by atoms with van der Waals surface area (Å²) in [6.07, 6.45) is 18.6. The molecule has 0 saturated carbocycles. The van der Waals surface area contributed by atoms with Gasteiger partial charge in [0, 0.05) is 38.4 Å². The number of furan rings is 2. The minimum Gasteiger partial charge on any atom is -0.456 e. The summed E-state index contributed by atoms with van der Waals surface area (Å²) >= 11 is 0. The Hall–Kier alpha value is -6.85. The van der Waals surface area contributed by atoms with Crippen LogP contribution in [-0.2, 0) is 6.42 Å². The third-order valence-electron chi connectivity index (χ3n) is 10.5. The smallest absolute Gasteiger partial charge is 0.164 e. The lowest BCUT2D eigenvalue weighted by Crippen LogP contribution is -2.01. The van der Waals surface area contributed by atoms with Gasteiger partial charge in [0.2, 0.25) is 0 Å². The standard InChI is InChI=1S/C49H35N3O2/c1-30-12-5-3-6-14-32-22-23-36(26-34(32)21-20-30)48-50-47(33-15-7-4-8-16-33)51-49(52-48)40-27-37(29-44-46(40)38-17-9-10-18-41(38)53-44)35-24-25-39-43(28-35)54-42-19-11-13-31(2)45(39)42/h3-12,15-29,31H,1,13-14H2,2H3/b6-3-,12-5-,21-20?. The third kappa shape index (κ3) is 5.62. The first-order chi connectivity index (χ1) is 26.6. The number of hydrogen-bond donors (Lipinski definition) is 0. The monoisotopic (exact) mass is 697 g/mol. The maximum absolute atomic E-state index is 6.56. The topological polar surface area (TPSA) is 65.0 Å². The average molecular weight is 698 g/mol. The van der Waals surface area contributed by atoms with Gasteiger partial charge in [0.25, 0.3) is 0 Å². The molecular formula is C49H35N3O2. The third-order valence-corrected chi connectivity index (χ3v) is 10.5. The van der Waals surface area contributed by atoms with E-state index in [1.54, 1.807) is 0 Å². The second kappa shape index (κ2) is 13.0. The maximum atomic E-state index is 6.56. The van der Waals surface area contributed by atoms with Crippen LogP contribution in [0.3, 0.4) is 0 Å². The van der Waals surface area contributed by atoms with Crippen LogP contribution in [0.2, 0.25) is 0 Å². The van der Waals surface area contributed by atoms with Gasteiger partial charge in [-0.1, -0.05) is 129 Å². The van der Waals surface area contributed by atoms with Gasteiger partial charge in [0.1, 0.15) is 22.5 Å². The zero-order chi connectivity index (χ0) is 36.2. The fraction of sp³-hybridized carbons (Fsp3) is 0.0816. The Morgan fingerprint density at radius 1 is 0.593 bits per heavy atom. The molecule has 0 fully saturated rings. The van der Waals surface area contributed by atoms with Crippen molar-refractivity contribution in [2.45, 2.75) is 25.7 Å². The van der Waals surface area contributed by atoms with Crippen molar-refractivity contribution in [3.63, 3.8) is 0 Å². The number of para-hydroxylation sites is 1. The molecule has 1 atom stereocenters. The van der Waals surface area contributed by atoms with E-state index in [-0.39, 0.29) is 0 Å². The van der Waals surface area contributed by atoms with E-state index in [9.17, 15) is 0 Å². The molecular weight excluding hydrogens is 663 g/mol. The summed E-state index contributed by atoms with van der Waals surface area (Å²) in [5.74, 6) is 3.13. The highest BCUT2D eigenvalue weighted by Crippen LogP contribution is 2.42. The highest BCUT2D eigenvalue weighted by atomic mass is 16.3. The van der Waals surface area contributed by atoms with Gasteiger partial charge in [-0.25, -0.2) is 15.0 Å². The summed E-state index contributed by atoms with van der Waals surface area (Å²) in [5.41, 5.74) is 11.7. The summed E-state index contributed by atoms with van der Waals surface area (Å²) in [7, 11) is 0. The van der Waals surface area contributed by atoms with E-state index in [1.807, 2.05) is 66.8 Å². The molecule has 0 N–H and O–H groups in total. The van der Waals surface area contributed by atoms with Crippen LogP contribution < -0.4 is 0 Å². The van der Waals surface area contributed by atoms with Crippen molar-refractivity contribution in [3.05, 3.63) is 174 Å². The van der Waals surface area contributed by atoms with Crippen molar-refractivity contribution >= 4 is 45.1 Å². The molecule has 2 aliphatic rings. The highest BCUT2D eigenvalue weighted by molar-refractivity contribution is 6.13. The number of allylic oxidation sites excluding steroid dienone is 7. The lowest BCUT2D eigenvalue weighted by molar-refractivity contribution is 0.586. The van der Waals surface area contributed by atoms with Crippen molar-refractivity contribution in [2.75, 3.05) is 0 Å². The number of rotatable bonds is 4. The first kappa shape index (κ1) is 31.9. The fourth-order valence-electron chi connectivity index (χ4n) is 7.76. The molecule has 0 amide bonds. The van der Waals surface area contributed by atoms with Crippen molar-refractivity contribution in [2.24, 2.45) is 0 Å². The Balaban J connectivity index is 1.19. The molecule has 1 unspecified atom stereocenters.